The van der Waals surface area contributed by atoms with Gasteiger partial charge in [0.15, 0.2) is 16.8 Å². The molecule has 4 aromatic rings. The van der Waals surface area contributed by atoms with Crippen LogP contribution in [0.3, 0.4) is 0 Å². The first-order chi connectivity index (χ1) is 16.1. The summed E-state index contributed by atoms with van der Waals surface area (Å²) in [6, 6.07) is 17.7. The van der Waals surface area contributed by atoms with Gasteiger partial charge in [-0.2, -0.15) is 0 Å². The smallest absolute Gasteiger partial charge is 0.285 e. The fourth-order valence-electron chi connectivity index (χ4n) is 5.39. The van der Waals surface area contributed by atoms with Crippen LogP contribution in [0.2, 0.25) is 0 Å². The zero-order valence-electron chi connectivity index (χ0n) is 19.9. The predicted molar refractivity (Wildman–Crippen MR) is 136 cm³/mol. The first kappa shape index (κ1) is 20.1. The number of aryl methyl sites for hydroxylation is 4. The molecule has 0 saturated heterocycles. The van der Waals surface area contributed by atoms with Gasteiger partial charge in [-0.1, -0.05) is 24.3 Å². The normalized spacial score (nSPS) is 17.4. The number of fused-ring (bicyclic) bond motifs is 5. The van der Waals surface area contributed by atoms with Crippen molar-refractivity contribution in [2.45, 2.75) is 47.2 Å². The molecule has 0 spiro atoms. The number of anilines is 1. The number of rotatable bonds is 3. The molecule has 4 heteroatoms. The van der Waals surface area contributed by atoms with Crippen LogP contribution in [-0.4, -0.2) is 11.1 Å². The lowest BCUT2D eigenvalue weighted by Gasteiger charge is -2.15. The Morgan fingerprint density at radius 2 is 1.73 bits per heavy atom. The lowest BCUT2D eigenvalue weighted by Crippen LogP contribution is -2.35. The van der Waals surface area contributed by atoms with Gasteiger partial charge in [0, 0.05) is 18.5 Å². The molecule has 0 saturated carbocycles. The van der Waals surface area contributed by atoms with Crippen molar-refractivity contribution < 1.29 is 9.30 Å². The minimum absolute atomic E-state index is 0.881. The highest BCUT2D eigenvalue weighted by atomic mass is 16.5. The Kier molecular flexibility index (Phi) is 4.58. The molecule has 33 heavy (non-hydrogen) atoms. The number of hydrogen-bond donors (Lipinski definition) is 0. The van der Waals surface area contributed by atoms with Crippen LogP contribution in [0.4, 0.5) is 5.69 Å². The third-order valence-corrected chi connectivity index (χ3v) is 7.23. The van der Waals surface area contributed by atoms with E-state index in [2.05, 4.69) is 102 Å². The molecule has 0 unspecified atom stereocenters. The average molecular weight is 437 g/mol. The summed E-state index contributed by atoms with van der Waals surface area (Å²) in [4.78, 5) is 2.27. The van der Waals surface area contributed by atoms with E-state index in [9.17, 15) is 0 Å². The van der Waals surface area contributed by atoms with Gasteiger partial charge >= 0.3 is 0 Å². The molecule has 3 aromatic carbocycles. The second-order valence-corrected chi connectivity index (χ2v) is 9.10. The van der Waals surface area contributed by atoms with E-state index < -0.39 is 0 Å². The summed E-state index contributed by atoms with van der Waals surface area (Å²) in [5.74, 6) is 3.19. The van der Waals surface area contributed by atoms with Gasteiger partial charge in [0.2, 0.25) is 5.88 Å². The number of ether oxygens (including phenoxy) is 1. The van der Waals surface area contributed by atoms with Crippen LogP contribution < -0.4 is 14.2 Å². The number of allylic oxidation sites excluding steroid dienone is 3. The summed E-state index contributed by atoms with van der Waals surface area (Å²) in [6.45, 7) is 11.6. The molecule has 166 valence electrons. The predicted octanol–water partition coefficient (Wildman–Crippen LogP) is 6.27. The van der Waals surface area contributed by atoms with Crippen molar-refractivity contribution in [2.75, 3.05) is 11.4 Å². The van der Waals surface area contributed by atoms with Crippen LogP contribution in [-0.2, 0) is 13.1 Å². The summed E-state index contributed by atoms with van der Waals surface area (Å²) < 4.78 is 11.2. The third-order valence-electron chi connectivity index (χ3n) is 7.23. The molecule has 0 bridgehead atoms. The van der Waals surface area contributed by atoms with Gasteiger partial charge in [-0.25, -0.2) is 9.13 Å². The summed E-state index contributed by atoms with van der Waals surface area (Å²) >= 11 is 0. The second kappa shape index (κ2) is 7.51. The SMILES string of the molecule is CCN1/C(=C/C=C2\CCn3c2[n+](CC)c2cc4ccccc4cc23)Oc2cc(C)c(C)cc21. The minimum atomic E-state index is 0.881. The second-order valence-electron chi connectivity index (χ2n) is 9.10. The zero-order valence-corrected chi connectivity index (χ0v) is 19.9. The van der Waals surface area contributed by atoms with E-state index >= 15 is 0 Å². The first-order valence-corrected chi connectivity index (χ1v) is 12.0. The zero-order chi connectivity index (χ0) is 22.7. The molecule has 0 N–H and O–H groups in total. The van der Waals surface area contributed by atoms with Gasteiger partial charge in [0.05, 0.1) is 18.8 Å². The van der Waals surface area contributed by atoms with Crippen molar-refractivity contribution >= 4 is 33.1 Å². The maximum Gasteiger partial charge on any atom is 0.285 e. The van der Waals surface area contributed by atoms with Gasteiger partial charge in [0.25, 0.3) is 5.82 Å². The molecule has 6 rings (SSSR count). The highest BCUT2D eigenvalue weighted by Gasteiger charge is 2.33. The number of benzene rings is 3. The molecule has 3 heterocycles. The fourth-order valence-corrected chi connectivity index (χ4v) is 5.39. The topological polar surface area (TPSA) is 21.3 Å². The summed E-state index contributed by atoms with van der Waals surface area (Å²) in [7, 11) is 0. The van der Waals surface area contributed by atoms with Gasteiger partial charge in [-0.15, -0.1) is 0 Å². The van der Waals surface area contributed by atoms with Crippen LogP contribution in [0.15, 0.2) is 66.6 Å². The van der Waals surface area contributed by atoms with Gasteiger partial charge < -0.3 is 9.64 Å². The van der Waals surface area contributed by atoms with Crippen LogP contribution >= 0.6 is 0 Å². The molecule has 0 atom stereocenters. The number of nitrogens with zero attached hydrogens (tertiary/aromatic N) is 3. The van der Waals surface area contributed by atoms with E-state index in [1.165, 1.54) is 50.0 Å². The van der Waals surface area contributed by atoms with Crippen LogP contribution in [0.5, 0.6) is 5.75 Å². The van der Waals surface area contributed by atoms with Crippen molar-refractivity contribution in [2.24, 2.45) is 0 Å². The van der Waals surface area contributed by atoms with Crippen molar-refractivity contribution in [3.05, 3.63) is 83.5 Å². The van der Waals surface area contributed by atoms with Gasteiger partial charge in [-0.3, -0.25) is 0 Å². The molecule has 0 radical (unpaired) electrons. The van der Waals surface area contributed by atoms with Crippen LogP contribution in [0.25, 0.3) is 27.4 Å². The van der Waals surface area contributed by atoms with Crippen molar-refractivity contribution in [1.82, 2.24) is 4.57 Å². The number of imidazole rings is 1. The molecule has 0 aliphatic carbocycles. The monoisotopic (exact) mass is 436 g/mol. The fraction of sp³-hybridized carbons (Fsp3) is 0.276. The molecular weight excluding hydrogens is 406 g/mol. The van der Waals surface area contributed by atoms with E-state index in [0.717, 1.165) is 37.7 Å². The first-order valence-electron chi connectivity index (χ1n) is 12.0. The Balaban J connectivity index is 1.45. The largest absolute Gasteiger partial charge is 0.439 e. The van der Waals surface area contributed by atoms with E-state index in [0.29, 0.717) is 0 Å². The highest BCUT2D eigenvalue weighted by molar-refractivity contribution is 5.95. The van der Waals surface area contributed by atoms with E-state index in [-0.39, 0.29) is 0 Å². The quantitative estimate of drug-likeness (QED) is 0.353. The molecular formula is C29H30N3O+. The molecule has 0 fully saturated rings. The third kappa shape index (κ3) is 3.01. The minimum Gasteiger partial charge on any atom is -0.439 e. The van der Waals surface area contributed by atoms with Crippen molar-refractivity contribution in [3.8, 4) is 5.75 Å². The van der Waals surface area contributed by atoms with E-state index in [4.69, 9.17) is 4.74 Å². The molecule has 1 aromatic heterocycles. The molecule has 4 nitrogen and oxygen atoms in total. The maximum absolute atomic E-state index is 6.29. The van der Waals surface area contributed by atoms with Crippen molar-refractivity contribution in [3.63, 3.8) is 0 Å². The average Bonchev–Trinajstić information content (AvgIpc) is 3.47. The Bertz CT molecular complexity index is 1450. The summed E-state index contributed by atoms with van der Waals surface area (Å²) in [5.41, 5.74) is 7.74. The van der Waals surface area contributed by atoms with Crippen molar-refractivity contribution in [1.29, 1.82) is 0 Å². The van der Waals surface area contributed by atoms with Crippen LogP contribution in [0.1, 0.15) is 37.2 Å². The standard InChI is InChI=1S/C29H30N3O/c1-5-30-26-15-19(3)20(4)16-27(26)33-28(30)12-11-21-13-14-32-25-18-23-10-8-7-9-22(23)17-24(25)31(6-2)29(21)32/h7-12,15-18H,5-6,13-14H2,1-4H3/q+1. The van der Waals surface area contributed by atoms with Crippen LogP contribution in [0, 0.1) is 13.8 Å². The lowest BCUT2D eigenvalue weighted by atomic mass is 10.1. The molecule has 2 aliphatic heterocycles. The highest BCUT2D eigenvalue weighted by Crippen LogP contribution is 2.41. The lowest BCUT2D eigenvalue weighted by molar-refractivity contribution is -0.670. The Labute approximate surface area is 195 Å². The Morgan fingerprint density at radius 3 is 2.48 bits per heavy atom. The summed E-state index contributed by atoms with van der Waals surface area (Å²) in [6.07, 6.45) is 5.47. The van der Waals surface area contributed by atoms with E-state index in [1.54, 1.807) is 0 Å². The molecule has 2 aliphatic rings. The molecule has 0 amide bonds. The Hall–Kier alpha value is -3.53. The van der Waals surface area contributed by atoms with E-state index in [1.807, 2.05) is 0 Å². The number of hydrogen-bond acceptors (Lipinski definition) is 2. The number of aromatic nitrogens is 2. The Morgan fingerprint density at radius 1 is 0.970 bits per heavy atom. The van der Waals surface area contributed by atoms with Gasteiger partial charge in [-0.05, 0) is 86.0 Å². The summed E-state index contributed by atoms with van der Waals surface area (Å²) in [5, 5.41) is 2.60. The van der Waals surface area contributed by atoms with Gasteiger partial charge in [0.1, 0.15) is 0 Å². The maximum atomic E-state index is 6.29.